The van der Waals surface area contributed by atoms with Crippen LogP contribution in [0.5, 0.6) is 0 Å². The summed E-state index contributed by atoms with van der Waals surface area (Å²) in [6.45, 7) is 1.22. The number of hydrogen-bond donors (Lipinski definition) is 6. The number of unbranched alkanes of at least 4 members (excludes halogenated alkanes) is 1. The molecule has 0 aromatic heterocycles. The zero-order valence-electron chi connectivity index (χ0n) is 15.7. The van der Waals surface area contributed by atoms with Crippen LogP contribution >= 0.6 is 0 Å². The van der Waals surface area contributed by atoms with Crippen LogP contribution in [0.1, 0.15) is 19.8 Å². The maximum Gasteiger partial charge on any atom is 0.187 e. The second kappa shape index (κ2) is 13.5. The van der Waals surface area contributed by atoms with Gasteiger partial charge in [0.15, 0.2) is 6.29 Å². The SMILES string of the molecule is CC=CC#CC#C[C@H](O)[C@@H](C=CCCCO)O[C@@H]1O[C@H](CO)[C@@H](O)[C@H](O)[C@H]1O. The van der Waals surface area contributed by atoms with E-state index >= 15 is 0 Å². The molecule has 1 saturated heterocycles. The van der Waals surface area contributed by atoms with Crippen LogP contribution in [-0.2, 0) is 9.47 Å². The van der Waals surface area contributed by atoms with Crippen molar-refractivity contribution >= 4 is 0 Å². The highest BCUT2D eigenvalue weighted by Crippen LogP contribution is 2.23. The molecule has 1 rings (SSSR count). The van der Waals surface area contributed by atoms with E-state index in [1.165, 1.54) is 6.08 Å². The molecule has 0 amide bonds. The molecule has 8 heteroatoms. The van der Waals surface area contributed by atoms with Crippen LogP contribution in [0.4, 0.5) is 0 Å². The van der Waals surface area contributed by atoms with Gasteiger partial charge in [-0.25, -0.2) is 0 Å². The van der Waals surface area contributed by atoms with Crippen molar-refractivity contribution in [2.75, 3.05) is 13.2 Å². The van der Waals surface area contributed by atoms with E-state index in [-0.39, 0.29) is 6.61 Å². The third-order valence-electron chi connectivity index (χ3n) is 3.91. The van der Waals surface area contributed by atoms with Crippen LogP contribution in [0.15, 0.2) is 24.3 Å². The van der Waals surface area contributed by atoms with Gasteiger partial charge in [0, 0.05) is 6.61 Å². The van der Waals surface area contributed by atoms with Crippen LogP contribution in [0, 0.1) is 23.7 Å². The van der Waals surface area contributed by atoms with E-state index in [1.807, 2.05) is 0 Å². The van der Waals surface area contributed by atoms with Gasteiger partial charge in [-0.1, -0.05) is 30.1 Å². The monoisotopic (exact) mass is 396 g/mol. The van der Waals surface area contributed by atoms with E-state index in [0.29, 0.717) is 12.8 Å². The molecule has 0 unspecified atom stereocenters. The zero-order valence-corrected chi connectivity index (χ0v) is 15.7. The summed E-state index contributed by atoms with van der Waals surface area (Å²) in [5.74, 6) is 10.2. The van der Waals surface area contributed by atoms with E-state index in [4.69, 9.17) is 14.6 Å². The molecule has 0 aromatic rings. The quantitative estimate of drug-likeness (QED) is 0.165. The average molecular weight is 396 g/mol. The Hall–Kier alpha value is -1.72. The lowest BCUT2D eigenvalue weighted by Gasteiger charge is -2.40. The predicted octanol–water partition coefficient (Wildman–Crippen LogP) is -1.56. The number of rotatable bonds is 8. The fourth-order valence-electron chi connectivity index (χ4n) is 2.35. The standard InChI is InChI=1S/C20H28O8/c1-2-3-4-5-7-10-14(23)15(11-8-6-9-12-21)27-20-19(26)18(25)17(24)16(13-22)28-20/h2-3,8,11,14-26H,6,9,12-13H2,1H3/t14-,15+,16+,17+,18-,19+,20+/m0/s1. The Kier molecular flexibility index (Phi) is 11.7. The Morgan fingerprint density at radius 1 is 1.11 bits per heavy atom. The predicted molar refractivity (Wildman–Crippen MR) is 100 cm³/mol. The van der Waals surface area contributed by atoms with Crippen molar-refractivity contribution in [1.29, 1.82) is 0 Å². The van der Waals surface area contributed by atoms with Crippen LogP contribution < -0.4 is 0 Å². The van der Waals surface area contributed by atoms with Crippen molar-refractivity contribution < 1.29 is 40.1 Å². The number of ether oxygens (including phenoxy) is 2. The van der Waals surface area contributed by atoms with Gasteiger partial charge in [-0.3, -0.25) is 0 Å². The second-order valence-corrected chi connectivity index (χ2v) is 6.08. The normalized spacial score (nSPS) is 29.8. The van der Waals surface area contributed by atoms with Gasteiger partial charge >= 0.3 is 0 Å². The average Bonchev–Trinajstić information content (AvgIpc) is 2.69. The summed E-state index contributed by atoms with van der Waals surface area (Å²) in [5, 5.41) is 58.2. The summed E-state index contributed by atoms with van der Waals surface area (Å²) in [6.07, 6.45) is -2.07. The van der Waals surface area contributed by atoms with Crippen molar-refractivity contribution in [1.82, 2.24) is 0 Å². The van der Waals surface area contributed by atoms with Gasteiger partial charge < -0.3 is 40.1 Å². The summed E-state index contributed by atoms with van der Waals surface area (Å²) < 4.78 is 10.9. The molecule has 1 fully saturated rings. The maximum atomic E-state index is 10.3. The summed E-state index contributed by atoms with van der Waals surface area (Å²) in [6, 6.07) is 0. The summed E-state index contributed by atoms with van der Waals surface area (Å²) in [7, 11) is 0. The number of allylic oxidation sites excluding steroid dienone is 3. The fourth-order valence-corrected chi connectivity index (χ4v) is 2.35. The molecular formula is C20H28O8. The lowest BCUT2D eigenvalue weighted by molar-refractivity contribution is -0.311. The zero-order chi connectivity index (χ0) is 20.9. The number of aliphatic hydroxyl groups excluding tert-OH is 6. The van der Waals surface area contributed by atoms with Gasteiger partial charge in [-0.15, -0.1) is 0 Å². The molecule has 0 aliphatic carbocycles. The molecule has 1 heterocycles. The minimum atomic E-state index is -1.60. The molecule has 0 bridgehead atoms. The van der Waals surface area contributed by atoms with Gasteiger partial charge in [0.2, 0.25) is 0 Å². The van der Waals surface area contributed by atoms with Gasteiger partial charge in [-0.2, -0.15) is 0 Å². The van der Waals surface area contributed by atoms with Crippen molar-refractivity contribution in [3.8, 4) is 23.7 Å². The molecule has 0 spiro atoms. The highest BCUT2D eigenvalue weighted by Gasteiger charge is 2.45. The van der Waals surface area contributed by atoms with Gasteiger partial charge in [0.25, 0.3) is 0 Å². The van der Waals surface area contributed by atoms with Crippen molar-refractivity contribution in [3.63, 3.8) is 0 Å². The molecule has 28 heavy (non-hydrogen) atoms. The second-order valence-electron chi connectivity index (χ2n) is 6.08. The first-order valence-electron chi connectivity index (χ1n) is 9.00. The molecule has 8 nitrogen and oxygen atoms in total. The van der Waals surface area contributed by atoms with E-state index < -0.39 is 49.5 Å². The van der Waals surface area contributed by atoms with E-state index in [9.17, 15) is 25.5 Å². The smallest absolute Gasteiger partial charge is 0.187 e. The summed E-state index contributed by atoms with van der Waals surface area (Å²) in [5.41, 5.74) is 0. The third-order valence-corrected chi connectivity index (χ3v) is 3.91. The maximum absolute atomic E-state index is 10.3. The molecule has 7 atom stereocenters. The summed E-state index contributed by atoms with van der Waals surface area (Å²) >= 11 is 0. The van der Waals surface area contributed by atoms with E-state index in [2.05, 4.69) is 23.7 Å². The Labute approximate surface area is 164 Å². The fraction of sp³-hybridized carbons (Fsp3) is 0.600. The van der Waals surface area contributed by atoms with Crippen molar-refractivity contribution in [2.45, 2.75) is 62.7 Å². The minimum Gasteiger partial charge on any atom is -0.396 e. The third kappa shape index (κ3) is 7.72. The van der Waals surface area contributed by atoms with Crippen LogP contribution in [-0.4, -0.2) is 86.8 Å². The van der Waals surface area contributed by atoms with Gasteiger partial charge in [0.05, 0.1) is 6.61 Å². The largest absolute Gasteiger partial charge is 0.396 e. The topological polar surface area (TPSA) is 140 Å². The first kappa shape index (κ1) is 24.3. The van der Waals surface area contributed by atoms with Crippen molar-refractivity contribution in [3.05, 3.63) is 24.3 Å². The Bertz CT molecular complexity index is 622. The Balaban J connectivity index is 2.92. The summed E-state index contributed by atoms with van der Waals surface area (Å²) in [4.78, 5) is 0. The Morgan fingerprint density at radius 3 is 2.50 bits per heavy atom. The molecular weight excluding hydrogens is 368 g/mol. The first-order chi connectivity index (χ1) is 13.5. The van der Waals surface area contributed by atoms with Crippen molar-refractivity contribution in [2.24, 2.45) is 0 Å². The van der Waals surface area contributed by atoms with E-state index in [0.717, 1.165) is 0 Å². The minimum absolute atomic E-state index is 0.00543. The van der Waals surface area contributed by atoms with Crippen LogP contribution in [0.25, 0.3) is 0 Å². The molecule has 1 aliphatic rings. The molecule has 0 aromatic carbocycles. The van der Waals surface area contributed by atoms with Gasteiger partial charge in [-0.05, 0) is 37.7 Å². The first-order valence-corrected chi connectivity index (χ1v) is 9.00. The lowest BCUT2D eigenvalue weighted by Crippen LogP contribution is -2.60. The molecule has 156 valence electrons. The molecule has 6 N–H and O–H groups in total. The van der Waals surface area contributed by atoms with E-state index in [1.54, 1.807) is 25.2 Å². The number of hydrogen-bond acceptors (Lipinski definition) is 8. The molecule has 0 saturated carbocycles. The van der Waals surface area contributed by atoms with Crippen LogP contribution in [0.2, 0.25) is 0 Å². The highest BCUT2D eigenvalue weighted by atomic mass is 16.7. The highest BCUT2D eigenvalue weighted by molar-refractivity contribution is 5.32. The molecule has 1 aliphatic heterocycles. The van der Waals surface area contributed by atoms with Gasteiger partial charge in [0.1, 0.15) is 36.6 Å². The lowest BCUT2D eigenvalue weighted by atomic mass is 9.99. The Morgan fingerprint density at radius 2 is 1.86 bits per heavy atom. The van der Waals surface area contributed by atoms with Crippen LogP contribution in [0.3, 0.4) is 0 Å². The molecule has 0 radical (unpaired) electrons. The number of aliphatic hydroxyl groups is 6.